The highest BCUT2D eigenvalue weighted by Crippen LogP contribution is 2.67. The molecule has 4 aliphatic carbocycles. The van der Waals surface area contributed by atoms with Crippen LogP contribution in [-0.2, 0) is 4.74 Å². The molecule has 0 aliphatic heterocycles. The van der Waals surface area contributed by atoms with Crippen molar-refractivity contribution in [3.8, 4) is 0 Å². The van der Waals surface area contributed by atoms with Crippen molar-refractivity contribution >= 4 is 6.09 Å². The first kappa shape index (κ1) is 37.7. The monoisotopic (exact) mass is 643 g/mol. The Hall–Kier alpha value is -1.11. The minimum Gasteiger partial charge on any atom is -0.446 e. The minimum atomic E-state index is -0.138. The van der Waals surface area contributed by atoms with Gasteiger partial charge in [-0.2, -0.15) is 0 Å². The number of allylic oxidation sites excluding steroid dienone is 1. The predicted molar refractivity (Wildman–Crippen MR) is 194 cm³/mol. The molecular formula is C40H74N4O2. The van der Waals surface area contributed by atoms with Crippen LogP contribution in [-0.4, -0.2) is 55.4 Å². The number of hydrogen-bond donors (Lipinski definition) is 3. The highest BCUT2D eigenvalue weighted by molar-refractivity contribution is 5.68. The fraction of sp³-hybridized carbons (Fsp3) is 0.925. The lowest BCUT2D eigenvalue weighted by atomic mass is 9.47. The van der Waals surface area contributed by atoms with Gasteiger partial charge >= 0.3 is 6.09 Å². The van der Waals surface area contributed by atoms with Gasteiger partial charge in [0.1, 0.15) is 6.10 Å². The van der Waals surface area contributed by atoms with Crippen LogP contribution in [0.1, 0.15) is 145 Å². The van der Waals surface area contributed by atoms with Crippen molar-refractivity contribution in [2.45, 2.75) is 163 Å². The SMILES string of the molecule is CC(C)CCC[C@@H](C)[C@H]1CC[C@H]2[C@@H]3CC=C4C[C@@H](OC(=O)N(CCCCNC(C)CCN)C(C)CCN)CC[C@]4(C)[C@H]3CC[C@]12C. The summed E-state index contributed by atoms with van der Waals surface area (Å²) in [6, 6.07) is 0.528. The smallest absolute Gasteiger partial charge is 0.410 e. The number of nitrogens with zero attached hydrogens (tertiary/aromatic N) is 1. The van der Waals surface area contributed by atoms with Gasteiger partial charge in [0.05, 0.1) is 0 Å². The fourth-order valence-corrected chi connectivity index (χ4v) is 11.0. The number of amides is 1. The molecule has 46 heavy (non-hydrogen) atoms. The maximum Gasteiger partial charge on any atom is 0.410 e. The predicted octanol–water partition coefficient (Wildman–Crippen LogP) is 8.68. The van der Waals surface area contributed by atoms with Crippen LogP contribution in [0, 0.1) is 46.3 Å². The van der Waals surface area contributed by atoms with E-state index < -0.39 is 0 Å². The van der Waals surface area contributed by atoms with Crippen molar-refractivity contribution in [2.75, 3.05) is 26.2 Å². The number of unbranched alkanes of at least 4 members (excludes halogenated alkanes) is 1. The number of hydrogen-bond acceptors (Lipinski definition) is 5. The van der Waals surface area contributed by atoms with E-state index in [0.29, 0.717) is 24.5 Å². The van der Waals surface area contributed by atoms with Gasteiger partial charge in [-0.3, -0.25) is 0 Å². The van der Waals surface area contributed by atoms with E-state index in [4.69, 9.17) is 16.2 Å². The second-order valence-corrected chi connectivity index (χ2v) is 17.3. The molecule has 0 heterocycles. The number of rotatable bonds is 17. The van der Waals surface area contributed by atoms with Crippen molar-refractivity contribution in [1.82, 2.24) is 10.2 Å². The van der Waals surface area contributed by atoms with Gasteiger partial charge < -0.3 is 26.4 Å². The topological polar surface area (TPSA) is 93.6 Å². The summed E-state index contributed by atoms with van der Waals surface area (Å²) in [7, 11) is 0. The van der Waals surface area contributed by atoms with E-state index in [1.165, 1.54) is 51.4 Å². The normalized spacial score (nSPS) is 34.2. The molecule has 1 amide bonds. The van der Waals surface area contributed by atoms with Crippen molar-refractivity contribution in [1.29, 1.82) is 0 Å². The molecule has 6 heteroatoms. The Labute approximate surface area is 284 Å². The fourth-order valence-electron chi connectivity index (χ4n) is 11.0. The second-order valence-electron chi connectivity index (χ2n) is 17.3. The van der Waals surface area contributed by atoms with Crippen molar-refractivity contribution in [2.24, 2.45) is 57.8 Å². The highest BCUT2D eigenvalue weighted by atomic mass is 16.6. The van der Waals surface area contributed by atoms with Crippen LogP contribution in [0.2, 0.25) is 0 Å². The molecule has 0 aromatic heterocycles. The average Bonchev–Trinajstić information content (AvgIpc) is 3.36. The number of carbonyl (C=O) groups excluding carboxylic acids is 1. The third kappa shape index (κ3) is 8.72. The van der Waals surface area contributed by atoms with Crippen LogP contribution in [0.4, 0.5) is 4.79 Å². The van der Waals surface area contributed by atoms with Gasteiger partial charge in [-0.25, -0.2) is 4.79 Å². The first-order chi connectivity index (χ1) is 21.9. The Morgan fingerprint density at radius 3 is 2.41 bits per heavy atom. The Bertz CT molecular complexity index is 984. The standard InChI is InChI=1S/C40H74N4O2/c1-28(2)11-10-12-29(3)35-15-16-36-34-14-13-32-27-33(17-21-39(32,6)37(34)18-22-40(35,36)7)46-38(45)44(31(5)20-24-42)26-9-8-25-43-30(4)19-23-41/h13,28-31,33-37,43H,8-12,14-27,41-42H2,1-7H3/t29-,30?,31?,33+,34+,35-,36+,37+,39+,40-/m1/s1. The van der Waals surface area contributed by atoms with E-state index in [9.17, 15) is 4.79 Å². The van der Waals surface area contributed by atoms with Crippen LogP contribution in [0.3, 0.4) is 0 Å². The summed E-state index contributed by atoms with van der Waals surface area (Å²) in [5, 5.41) is 3.55. The van der Waals surface area contributed by atoms with E-state index in [1.54, 1.807) is 5.57 Å². The summed E-state index contributed by atoms with van der Waals surface area (Å²) in [4.78, 5) is 15.6. The molecule has 2 unspecified atom stereocenters. The zero-order valence-corrected chi connectivity index (χ0v) is 31.1. The lowest BCUT2D eigenvalue weighted by Gasteiger charge is -2.58. The van der Waals surface area contributed by atoms with Gasteiger partial charge in [0.2, 0.25) is 0 Å². The number of fused-ring (bicyclic) bond motifs is 5. The molecule has 10 atom stereocenters. The Kier molecular flexibility index (Phi) is 13.9. The summed E-state index contributed by atoms with van der Waals surface area (Å²) < 4.78 is 6.33. The number of nitrogens with two attached hydrogens (primary N) is 2. The summed E-state index contributed by atoms with van der Waals surface area (Å²) in [6.07, 6.45) is 20.4. The molecular weight excluding hydrogens is 568 g/mol. The molecule has 3 fully saturated rings. The van der Waals surface area contributed by atoms with Crippen molar-refractivity contribution < 1.29 is 9.53 Å². The highest BCUT2D eigenvalue weighted by Gasteiger charge is 2.59. The first-order valence-corrected chi connectivity index (χ1v) is 19.7. The van der Waals surface area contributed by atoms with E-state index in [0.717, 1.165) is 93.5 Å². The number of carbonyl (C=O) groups is 1. The molecule has 4 aliphatic rings. The zero-order valence-electron chi connectivity index (χ0n) is 31.1. The van der Waals surface area contributed by atoms with Gasteiger partial charge in [0.25, 0.3) is 0 Å². The quantitative estimate of drug-likeness (QED) is 0.109. The van der Waals surface area contributed by atoms with Crippen LogP contribution in [0.5, 0.6) is 0 Å². The van der Waals surface area contributed by atoms with E-state index in [1.807, 2.05) is 4.90 Å². The summed E-state index contributed by atoms with van der Waals surface area (Å²) in [5.41, 5.74) is 14.0. The van der Waals surface area contributed by atoms with Gasteiger partial charge in [-0.15, -0.1) is 0 Å². The largest absolute Gasteiger partial charge is 0.446 e. The number of nitrogens with one attached hydrogen (secondary N) is 1. The van der Waals surface area contributed by atoms with Crippen molar-refractivity contribution in [3.63, 3.8) is 0 Å². The molecule has 5 N–H and O–H groups in total. The third-order valence-corrected chi connectivity index (χ3v) is 13.8. The van der Waals surface area contributed by atoms with E-state index in [-0.39, 0.29) is 23.7 Å². The lowest BCUT2D eigenvalue weighted by Crippen LogP contribution is -2.51. The third-order valence-electron chi connectivity index (χ3n) is 13.8. The molecule has 266 valence electrons. The van der Waals surface area contributed by atoms with E-state index >= 15 is 0 Å². The summed E-state index contributed by atoms with van der Waals surface area (Å²) >= 11 is 0. The minimum absolute atomic E-state index is 0.00821. The molecule has 6 nitrogen and oxygen atoms in total. The molecule has 3 saturated carbocycles. The Morgan fingerprint density at radius 1 is 0.935 bits per heavy atom. The summed E-state index contributed by atoms with van der Waals surface area (Å²) in [6.45, 7) is 19.9. The molecule has 0 spiro atoms. The van der Waals surface area contributed by atoms with Crippen LogP contribution < -0.4 is 16.8 Å². The molecule has 4 rings (SSSR count). The lowest BCUT2D eigenvalue weighted by molar-refractivity contribution is -0.0597. The maximum absolute atomic E-state index is 13.6. The van der Waals surface area contributed by atoms with Crippen molar-refractivity contribution in [3.05, 3.63) is 11.6 Å². The van der Waals surface area contributed by atoms with E-state index in [2.05, 4.69) is 59.9 Å². The Morgan fingerprint density at radius 2 is 1.70 bits per heavy atom. The second kappa shape index (κ2) is 17.0. The van der Waals surface area contributed by atoms with Gasteiger partial charge in [0.15, 0.2) is 0 Å². The molecule has 0 aromatic carbocycles. The van der Waals surface area contributed by atoms with Gasteiger partial charge in [0, 0.05) is 25.0 Å². The Balaban J connectivity index is 1.34. The first-order valence-electron chi connectivity index (χ1n) is 19.7. The van der Waals surface area contributed by atoms with Crippen LogP contribution >= 0.6 is 0 Å². The molecule has 0 aromatic rings. The molecule has 0 saturated heterocycles. The van der Waals surface area contributed by atoms with Gasteiger partial charge in [-0.05, 0) is 150 Å². The summed E-state index contributed by atoms with van der Waals surface area (Å²) in [5.74, 6) is 5.09. The van der Waals surface area contributed by atoms with Gasteiger partial charge in [-0.1, -0.05) is 65.5 Å². The van der Waals surface area contributed by atoms with Crippen LogP contribution in [0.25, 0.3) is 0 Å². The average molecular weight is 643 g/mol. The molecule has 0 bridgehead atoms. The van der Waals surface area contributed by atoms with Crippen LogP contribution in [0.15, 0.2) is 11.6 Å². The maximum atomic E-state index is 13.6. The number of ether oxygens (including phenoxy) is 1. The zero-order chi connectivity index (χ0) is 33.5. The molecule has 0 radical (unpaired) electrons.